The highest BCUT2D eigenvalue weighted by atomic mass is 16.3. The van der Waals surface area contributed by atoms with Gasteiger partial charge in [0.05, 0.1) is 0 Å². The minimum absolute atomic E-state index is 0.239. The molecule has 0 radical (unpaired) electrons. The van der Waals surface area contributed by atoms with Crippen LogP contribution >= 0.6 is 0 Å². The first-order chi connectivity index (χ1) is 9.26. The molecule has 1 atom stereocenters. The number of hydrogen-bond acceptors (Lipinski definition) is 2. The van der Waals surface area contributed by atoms with Crippen molar-refractivity contribution in [2.75, 3.05) is 6.61 Å². The van der Waals surface area contributed by atoms with Crippen LogP contribution in [0.1, 0.15) is 25.3 Å². The Morgan fingerprint density at radius 1 is 1.37 bits per heavy atom. The van der Waals surface area contributed by atoms with E-state index in [1.807, 2.05) is 0 Å². The van der Waals surface area contributed by atoms with Crippen LogP contribution in [0.2, 0.25) is 0 Å². The SMILES string of the molecule is CC(CO)Cn1ccc2cc(CNC3CC3)ccc21. The van der Waals surface area contributed by atoms with E-state index in [4.69, 9.17) is 5.11 Å². The van der Waals surface area contributed by atoms with Gasteiger partial charge in [0.1, 0.15) is 0 Å². The summed E-state index contributed by atoms with van der Waals surface area (Å²) in [5.41, 5.74) is 2.61. The van der Waals surface area contributed by atoms with Gasteiger partial charge in [0.2, 0.25) is 0 Å². The topological polar surface area (TPSA) is 37.2 Å². The van der Waals surface area contributed by atoms with Gasteiger partial charge in [-0.2, -0.15) is 0 Å². The van der Waals surface area contributed by atoms with E-state index in [9.17, 15) is 0 Å². The first-order valence-electron chi connectivity index (χ1n) is 7.18. The number of fused-ring (bicyclic) bond motifs is 1. The second-order valence-electron chi connectivity index (χ2n) is 5.80. The quantitative estimate of drug-likeness (QED) is 0.835. The Morgan fingerprint density at radius 2 is 2.21 bits per heavy atom. The lowest BCUT2D eigenvalue weighted by molar-refractivity contribution is 0.224. The summed E-state index contributed by atoms with van der Waals surface area (Å²) in [5.74, 6) is 0.298. The standard InChI is InChI=1S/C16H22N2O/c1-12(11-19)10-18-7-6-14-8-13(2-5-16(14)18)9-17-15-3-4-15/h2,5-8,12,15,17,19H,3-4,9-11H2,1H3. The van der Waals surface area contributed by atoms with E-state index in [0.29, 0.717) is 5.92 Å². The van der Waals surface area contributed by atoms with Gasteiger partial charge >= 0.3 is 0 Å². The van der Waals surface area contributed by atoms with Crippen molar-refractivity contribution in [3.8, 4) is 0 Å². The van der Waals surface area contributed by atoms with Gasteiger partial charge in [0, 0.05) is 37.5 Å². The summed E-state index contributed by atoms with van der Waals surface area (Å²) in [7, 11) is 0. The molecule has 1 aliphatic rings. The lowest BCUT2D eigenvalue weighted by atomic mass is 10.1. The predicted molar refractivity (Wildman–Crippen MR) is 78.0 cm³/mol. The molecule has 0 spiro atoms. The minimum Gasteiger partial charge on any atom is -0.396 e. The average molecular weight is 258 g/mol. The normalized spacial score (nSPS) is 16.9. The van der Waals surface area contributed by atoms with Crippen LogP contribution in [0.15, 0.2) is 30.5 Å². The van der Waals surface area contributed by atoms with E-state index in [1.165, 1.54) is 29.3 Å². The van der Waals surface area contributed by atoms with Gasteiger partial charge in [-0.1, -0.05) is 13.0 Å². The van der Waals surface area contributed by atoms with Crippen molar-refractivity contribution in [1.82, 2.24) is 9.88 Å². The summed E-state index contributed by atoms with van der Waals surface area (Å²) in [6.07, 6.45) is 4.78. The molecule has 19 heavy (non-hydrogen) atoms. The van der Waals surface area contributed by atoms with Gasteiger partial charge in [-0.15, -0.1) is 0 Å². The van der Waals surface area contributed by atoms with E-state index >= 15 is 0 Å². The lowest BCUT2D eigenvalue weighted by Gasteiger charge is -2.11. The van der Waals surface area contributed by atoms with E-state index in [-0.39, 0.29) is 6.61 Å². The Hall–Kier alpha value is -1.32. The number of nitrogens with zero attached hydrogens (tertiary/aromatic N) is 1. The largest absolute Gasteiger partial charge is 0.396 e. The van der Waals surface area contributed by atoms with Crippen LogP contribution in [-0.2, 0) is 13.1 Å². The van der Waals surface area contributed by atoms with Gasteiger partial charge in [-0.3, -0.25) is 0 Å². The molecule has 0 saturated heterocycles. The monoisotopic (exact) mass is 258 g/mol. The van der Waals surface area contributed by atoms with Gasteiger partial charge in [0.25, 0.3) is 0 Å². The molecule has 0 bridgehead atoms. The maximum Gasteiger partial charge on any atom is 0.0480 e. The van der Waals surface area contributed by atoms with Gasteiger partial charge in [0.15, 0.2) is 0 Å². The molecule has 3 rings (SSSR count). The van der Waals surface area contributed by atoms with Gasteiger partial charge < -0.3 is 15.0 Å². The molecule has 1 unspecified atom stereocenters. The Bertz CT molecular complexity index is 557. The number of aromatic nitrogens is 1. The molecular weight excluding hydrogens is 236 g/mol. The molecule has 0 amide bonds. The number of benzene rings is 1. The predicted octanol–water partition coefficient (Wildman–Crippen LogP) is 2.52. The summed E-state index contributed by atoms with van der Waals surface area (Å²) in [4.78, 5) is 0. The first-order valence-corrected chi connectivity index (χ1v) is 7.18. The third kappa shape index (κ3) is 2.99. The summed E-state index contributed by atoms with van der Waals surface area (Å²) in [6.45, 7) is 4.15. The number of aliphatic hydroxyl groups excluding tert-OH is 1. The summed E-state index contributed by atoms with van der Waals surface area (Å²) in [6, 6.07) is 9.59. The Kier molecular flexibility index (Phi) is 3.58. The maximum absolute atomic E-state index is 9.16. The molecule has 1 aliphatic carbocycles. The second-order valence-corrected chi connectivity index (χ2v) is 5.80. The van der Waals surface area contributed by atoms with Crippen molar-refractivity contribution in [3.63, 3.8) is 0 Å². The highest BCUT2D eigenvalue weighted by Gasteiger charge is 2.19. The summed E-state index contributed by atoms with van der Waals surface area (Å²) in [5, 5.41) is 14.0. The van der Waals surface area contributed by atoms with Crippen LogP contribution in [0.4, 0.5) is 0 Å². The van der Waals surface area contributed by atoms with Crippen LogP contribution in [0, 0.1) is 5.92 Å². The zero-order chi connectivity index (χ0) is 13.2. The molecular formula is C16H22N2O. The Morgan fingerprint density at radius 3 is 2.95 bits per heavy atom. The van der Waals surface area contributed by atoms with Crippen molar-refractivity contribution >= 4 is 10.9 Å². The molecule has 3 heteroatoms. The van der Waals surface area contributed by atoms with E-state index in [2.05, 4.69) is 47.3 Å². The van der Waals surface area contributed by atoms with Crippen molar-refractivity contribution in [1.29, 1.82) is 0 Å². The Balaban J connectivity index is 1.76. The molecule has 102 valence electrons. The van der Waals surface area contributed by atoms with E-state index < -0.39 is 0 Å². The molecule has 1 heterocycles. The van der Waals surface area contributed by atoms with Crippen molar-refractivity contribution < 1.29 is 5.11 Å². The zero-order valence-corrected chi connectivity index (χ0v) is 11.5. The fraction of sp³-hybridized carbons (Fsp3) is 0.500. The molecule has 2 aromatic rings. The summed E-state index contributed by atoms with van der Waals surface area (Å²) >= 11 is 0. The molecule has 1 fully saturated rings. The molecule has 3 nitrogen and oxygen atoms in total. The number of rotatable bonds is 6. The third-order valence-electron chi connectivity index (χ3n) is 3.83. The highest BCUT2D eigenvalue weighted by Crippen LogP contribution is 2.21. The van der Waals surface area contributed by atoms with Crippen LogP contribution in [0.5, 0.6) is 0 Å². The molecule has 1 aromatic carbocycles. The number of hydrogen-bond donors (Lipinski definition) is 2. The highest BCUT2D eigenvalue weighted by molar-refractivity contribution is 5.80. The van der Waals surface area contributed by atoms with Crippen LogP contribution in [0.25, 0.3) is 10.9 Å². The first kappa shape index (κ1) is 12.7. The van der Waals surface area contributed by atoms with Crippen LogP contribution in [-0.4, -0.2) is 22.3 Å². The van der Waals surface area contributed by atoms with E-state index in [1.54, 1.807) is 0 Å². The van der Waals surface area contributed by atoms with Crippen molar-refractivity contribution in [2.24, 2.45) is 5.92 Å². The third-order valence-corrected chi connectivity index (χ3v) is 3.83. The zero-order valence-electron chi connectivity index (χ0n) is 11.5. The molecule has 0 aliphatic heterocycles. The Labute approximate surface area is 114 Å². The fourth-order valence-electron chi connectivity index (χ4n) is 2.46. The van der Waals surface area contributed by atoms with Crippen LogP contribution in [0.3, 0.4) is 0 Å². The molecule has 2 N–H and O–H groups in total. The smallest absolute Gasteiger partial charge is 0.0480 e. The van der Waals surface area contributed by atoms with E-state index in [0.717, 1.165) is 19.1 Å². The number of nitrogens with one attached hydrogen (secondary N) is 1. The minimum atomic E-state index is 0.239. The van der Waals surface area contributed by atoms with Crippen molar-refractivity contribution in [3.05, 3.63) is 36.0 Å². The maximum atomic E-state index is 9.16. The molecule has 1 aromatic heterocycles. The fourth-order valence-corrected chi connectivity index (χ4v) is 2.46. The van der Waals surface area contributed by atoms with Gasteiger partial charge in [-0.05, 0) is 47.9 Å². The lowest BCUT2D eigenvalue weighted by Crippen LogP contribution is -2.15. The summed E-state index contributed by atoms with van der Waals surface area (Å²) < 4.78 is 2.23. The van der Waals surface area contributed by atoms with Crippen LogP contribution < -0.4 is 5.32 Å². The van der Waals surface area contributed by atoms with Crippen molar-refractivity contribution in [2.45, 2.75) is 38.9 Å². The van der Waals surface area contributed by atoms with Gasteiger partial charge in [-0.25, -0.2) is 0 Å². The number of aliphatic hydroxyl groups is 1. The average Bonchev–Trinajstić information content (AvgIpc) is 3.18. The second kappa shape index (κ2) is 5.35. The molecule has 1 saturated carbocycles.